The van der Waals surface area contributed by atoms with E-state index in [4.69, 9.17) is 4.52 Å². The number of nitrogens with zero attached hydrogens (tertiary/aromatic N) is 2. The molecule has 5 nitrogen and oxygen atoms in total. The summed E-state index contributed by atoms with van der Waals surface area (Å²) in [5.41, 5.74) is 3.45. The van der Waals surface area contributed by atoms with Crippen LogP contribution >= 0.6 is 0 Å². The van der Waals surface area contributed by atoms with Gasteiger partial charge in [0.15, 0.2) is 11.7 Å². The van der Waals surface area contributed by atoms with Gasteiger partial charge in [0.2, 0.25) is 0 Å². The van der Waals surface area contributed by atoms with Gasteiger partial charge in [-0.15, -0.1) is 0 Å². The second kappa shape index (κ2) is 7.47. The Bertz CT molecular complexity index is 604. The van der Waals surface area contributed by atoms with Crippen molar-refractivity contribution in [2.75, 3.05) is 7.05 Å². The third-order valence-corrected chi connectivity index (χ3v) is 3.17. The Kier molecular flexibility index (Phi) is 5.37. The molecule has 0 spiro atoms. The number of guanidine groups is 1. The molecule has 2 aromatic rings. The molecule has 112 valence electrons. The first-order valence-corrected chi connectivity index (χ1v) is 7.15. The van der Waals surface area contributed by atoms with Gasteiger partial charge >= 0.3 is 0 Å². The summed E-state index contributed by atoms with van der Waals surface area (Å²) < 4.78 is 5.23. The maximum atomic E-state index is 5.23. The Morgan fingerprint density at radius 1 is 1.24 bits per heavy atom. The van der Waals surface area contributed by atoms with Crippen LogP contribution in [0.3, 0.4) is 0 Å². The van der Waals surface area contributed by atoms with Crippen molar-refractivity contribution < 1.29 is 4.52 Å². The number of aryl methyl sites for hydroxylation is 2. The number of aromatic nitrogens is 1. The molecule has 0 aliphatic heterocycles. The molecule has 0 radical (unpaired) electrons. The average molecular weight is 286 g/mol. The fourth-order valence-corrected chi connectivity index (χ4v) is 2.01. The highest BCUT2D eigenvalue weighted by molar-refractivity contribution is 5.79. The van der Waals surface area contributed by atoms with Crippen molar-refractivity contribution in [2.24, 2.45) is 4.99 Å². The lowest BCUT2D eigenvalue weighted by atomic mass is 10.1. The van der Waals surface area contributed by atoms with Crippen molar-refractivity contribution in [1.29, 1.82) is 0 Å². The number of hydrogen-bond donors (Lipinski definition) is 2. The fourth-order valence-electron chi connectivity index (χ4n) is 2.01. The zero-order chi connectivity index (χ0) is 15.1. The number of aliphatic imine (C=N–C) groups is 1. The molecule has 1 aromatic carbocycles. The van der Waals surface area contributed by atoms with Gasteiger partial charge in [-0.1, -0.05) is 41.9 Å². The first kappa shape index (κ1) is 15.1. The zero-order valence-corrected chi connectivity index (χ0v) is 12.8. The highest BCUT2D eigenvalue weighted by Gasteiger charge is 2.04. The second-order valence-corrected chi connectivity index (χ2v) is 4.91. The van der Waals surface area contributed by atoms with Gasteiger partial charge in [0.25, 0.3) is 0 Å². The molecule has 0 atom stereocenters. The van der Waals surface area contributed by atoms with E-state index in [-0.39, 0.29) is 0 Å². The van der Waals surface area contributed by atoms with Crippen molar-refractivity contribution in [1.82, 2.24) is 15.8 Å². The van der Waals surface area contributed by atoms with Crippen molar-refractivity contribution in [3.8, 4) is 0 Å². The molecule has 2 N–H and O–H groups in total. The van der Waals surface area contributed by atoms with Crippen LogP contribution in [-0.4, -0.2) is 18.2 Å². The molecule has 0 bridgehead atoms. The predicted molar refractivity (Wildman–Crippen MR) is 84.1 cm³/mol. The lowest BCUT2D eigenvalue weighted by Gasteiger charge is -2.11. The van der Waals surface area contributed by atoms with Crippen molar-refractivity contribution in [2.45, 2.75) is 33.4 Å². The van der Waals surface area contributed by atoms with Crippen molar-refractivity contribution in [3.05, 3.63) is 52.9 Å². The minimum Gasteiger partial charge on any atom is -0.359 e. The molecule has 1 heterocycles. The molecule has 0 amide bonds. The molecule has 0 saturated heterocycles. The van der Waals surface area contributed by atoms with Crippen LogP contribution < -0.4 is 10.6 Å². The van der Waals surface area contributed by atoms with Crippen molar-refractivity contribution in [3.63, 3.8) is 0 Å². The number of hydrogen-bond acceptors (Lipinski definition) is 3. The topological polar surface area (TPSA) is 62.5 Å². The molecule has 1 aromatic heterocycles. The first-order valence-electron chi connectivity index (χ1n) is 7.15. The van der Waals surface area contributed by atoms with Crippen LogP contribution in [0.5, 0.6) is 0 Å². The quantitative estimate of drug-likeness (QED) is 0.654. The summed E-state index contributed by atoms with van der Waals surface area (Å²) in [6.45, 7) is 5.45. The summed E-state index contributed by atoms with van der Waals surface area (Å²) in [5.74, 6) is 1.55. The lowest BCUT2D eigenvalue weighted by molar-refractivity contribution is 0.374. The Morgan fingerprint density at radius 3 is 2.71 bits per heavy atom. The third-order valence-electron chi connectivity index (χ3n) is 3.17. The summed E-state index contributed by atoms with van der Waals surface area (Å²) in [4.78, 5) is 4.20. The Balaban J connectivity index is 1.83. The largest absolute Gasteiger partial charge is 0.359 e. The number of benzene rings is 1. The number of rotatable bonds is 5. The van der Waals surface area contributed by atoms with Gasteiger partial charge in [0.1, 0.15) is 0 Å². The van der Waals surface area contributed by atoms with Crippen LogP contribution in [-0.2, 0) is 19.5 Å². The monoisotopic (exact) mass is 286 g/mol. The average Bonchev–Trinajstić information content (AvgIpc) is 2.95. The number of nitrogens with one attached hydrogen (secondary N) is 2. The standard InChI is InChI=1S/C16H22N4O/c1-4-14-9-15(21-20-14)11-19-16(17-3)18-10-13-7-5-6-12(2)8-13/h5-9H,4,10-11H2,1-3H3,(H2,17,18,19). The Morgan fingerprint density at radius 2 is 2.05 bits per heavy atom. The first-order chi connectivity index (χ1) is 10.2. The summed E-state index contributed by atoms with van der Waals surface area (Å²) in [6.07, 6.45) is 0.879. The molecule has 0 saturated carbocycles. The Labute approximate surface area is 125 Å². The van der Waals surface area contributed by atoms with Gasteiger partial charge in [-0.25, -0.2) is 0 Å². The molecule has 0 aliphatic carbocycles. The van der Waals surface area contributed by atoms with E-state index >= 15 is 0 Å². The molecular weight excluding hydrogens is 264 g/mol. The SMILES string of the molecule is CCc1cc(CNC(=NC)NCc2cccc(C)c2)on1. The highest BCUT2D eigenvalue weighted by atomic mass is 16.5. The second-order valence-electron chi connectivity index (χ2n) is 4.91. The van der Waals surface area contributed by atoms with Crippen LogP contribution in [0.15, 0.2) is 39.8 Å². The fraction of sp³-hybridized carbons (Fsp3) is 0.375. The van der Waals surface area contributed by atoms with Crippen LogP contribution in [0.4, 0.5) is 0 Å². The molecule has 2 rings (SSSR count). The summed E-state index contributed by atoms with van der Waals surface area (Å²) >= 11 is 0. The van der Waals surface area contributed by atoms with Gasteiger partial charge in [-0.3, -0.25) is 4.99 Å². The van der Waals surface area contributed by atoms with E-state index in [0.29, 0.717) is 6.54 Å². The van der Waals surface area contributed by atoms with E-state index in [0.717, 1.165) is 30.4 Å². The smallest absolute Gasteiger partial charge is 0.191 e. The summed E-state index contributed by atoms with van der Waals surface area (Å²) in [7, 11) is 1.75. The molecule has 5 heteroatoms. The van der Waals surface area contributed by atoms with Gasteiger partial charge in [-0.2, -0.15) is 0 Å². The summed E-state index contributed by atoms with van der Waals surface area (Å²) in [5, 5.41) is 10.5. The zero-order valence-electron chi connectivity index (χ0n) is 12.8. The normalized spacial score (nSPS) is 11.5. The maximum absolute atomic E-state index is 5.23. The minimum atomic E-state index is 0.570. The maximum Gasteiger partial charge on any atom is 0.191 e. The van der Waals surface area contributed by atoms with Crippen molar-refractivity contribution >= 4 is 5.96 Å². The molecule has 0 fully saturated rings. The van der Waals surface area contributed by atoms with E-state index < -0.39 is 0 Å². The van der Waals surface area contributed by atoms with Gasteiger partial charge in [0, 0.05) is 19.7 Å². The third kappa shape index (κ3) is 4.63. The molecule has 0 aliphatic rings. The van der Waals surface area contributed by atoms with Crippen LogP contribution in [0, 0.1) is 6.92 Å². The van der Waals surface area contributed by atoms with Crippen LogP contribution in [0.25, 0.3) is 0 Å². The van der Waals surface area contributed by atoms with E-state index in [9.17, 15) is 0 Å². The molecule has 0 unspecified atom stereocenters. The van der Waals surface area contributed by atoms with Gasteiger partial charge in [0.05, 0.1) is 12.2 Å². The Hall–Kier alpha value is -2.30. The van der Waals surface area contributed by atoms with E-state index in [1.54, 1.807) is 7.05 Å². The highest BCUT2D eigenvalue weighted by Crippen LogP contribution is 2.04. The predicted octanol–water partition coefficient (Wildman–Crippen LogP) is 2.41. The van der Waals surface area contributed by atoms with E-state index in [2.05, 4.69) is 58.9 Å². The molecular formula is C16H22N4O. The van der Waals surface area contributed by atoms with Gasteiger partial charge in [-0.05, 0) is 18.9 Å². The van der Waals surface area contributed by atoms with E-state index in [1.807, 2.05) is 6.07 Å². The van der Waals surface area contributed by atoms with Crippen LogP contribution in [0.2, 0.25) is 0 Å². The minimum absolute atomic E-state index is 0.570. The molecule has 21 heavy (non-hydrogen) atoms. The lowest BCUT2D eigenvalue weighted by Crippen LogP contribution is -2.36. The van der Waals surface area contributed by atoms with Crippen LogP contribution in [0.1, 0.15) is 29.5 Å². The van der Waals surface area contributed by atoms with Gasteiger partial charge < -0.3 is 15.2 Å². The summed E-state index contributed by atoms with van der Waals surface area (Å²) in [6, 6.07) is 10.4. The van der Waals surface area contributed by atoms with E-state index in [1.165, 1.54) is 11.1 Å².